The molecule has 1 aromatic carbocycles. The van der Waals surface area contributed by atoms with Gasteiger partial charge in [0.25, 0.3) is 0 Å². The molecule has 0 bridgehead atoms. The fourth-order valence-electron chi connectivity index (χ4n) is 2.96. The van der Waals surface area contributed by atoms with Crippen LogP contribution >= 0.6 is 11.6 Å². The Labute approximate surface area is 123 Å². The molecule has 5 heteroatoms. The molecule has 20 heavy (non-hydrogen) atoms. The number of halogens is 1. The maximum Gasteiger partial charge on any atom is 0.142 e. The van der Waals surface area contributed by atoms with Gasteiger partial charge in [-0.05, 0) is 42.9 Å². The van der Waals surface area contributed by atoms with Gasteiger partial charge in [-0.2, -0.15) is 5.10 Å². The average Bonchev–Trinajstić information content (AvgIpc) is 2.65. The number of hydrogen-bond donors (Lipinski definition) is 2. The normalized spacial score (nSPS) is 14.9. The fraction of sp³-hybridized carbons (Fsp3) is 0.400. The van der Waals surface area contributed by atoms with Gasteiger partial charge in [-0.3, -0.25) is 4.68 Å². The molecule has 106 valence electrons. The third-order valence-corrected chi connectivity index (χ3v) is 4.37. The standard InChI is InChI=1S/C15H18ClN3O/c1-19-15(17)11(8-18-19)13-10-6-4-2-3-5-9(10)7-12(16)14(13)20/h7-8,20H,2-6,17H2,1H3. The van der Waals surface area contributed by atoms with Crippen molar-refractivity contribution < 1.29 is 5.11 Å². The number of nitrogen functional groups attached to an aromatic ring is 1. The first-order valence-electron chi connectivity index (χ1n) is 6.90. The van der Waals surface area contributed by atoms with Crippen LogP contribution in [0.5, 0.6) is 5.75 Å². The van der Waals surface area contributed by atoms with Gasteiger partial charge in [0.05, 0.1) is 11.2 Å². The number of rotatable bonds is 1. The van der Waals surface area contributed by atoms with Crippen molar-refractivity contribution in [2.75, 3.05) is 5.73 Å². The summed E-state index contributed by atoms with van der Waals surface area (Å²) in [5.74, 6) is 0.668. The molecule has 1 aromatic heterocycles. The molecular formula is C15H18ClN3O. The molecule has 3 rings (SSSR count). The van der Waals surface area contributed by atoms with Crippen molar-refractivity contribution in [2.45, 2.75) is 32.1 Å². The molecule has 0 atom stereocenters. The summed E-state index contributed by atoms with van der Waals surface area (Å²) in [6.45, 7) is 0. The van der Waals surface area contributed by atoms with Crippen molar-refractivity contribution in [1.82, 2.24) is 9.78 Å². The molecule has 0 fully saturated rings. The van der Waals surface area contributed by atoms with Gasteiger partial charge in [-0.1, -0.05) is 18.0 Å². The van der Waals surface area contributed by atoms with Crippen LogP contribution in [-0.2, 0) is 19.9 Å². The summed E-state index contributed by atoms with van der Waals surface area (Å²) in [7, 11) is 1.79. The van der Waals surface area contributed by atoms with Crippen LogP contribution in [0.3, 0.4) is 0 Å². The number of aromatic hydroxyl groups is 1. The number of nitrogens with two attached hydrogens (primary N) is 1. The zero-order valence-electron chi connectivity index (χ0n) is 11.5. The highest BCUT2D eigenvalue weighted by Crippen LogP contribution is 2.43. The first-order valence-corrected chi connectivity index (χ1v) is 7.28. The van der Waals surface area contributed by atoms with E-state index in [2.05, 4.69) is 5.10 Å². The summed E-state index contributed by atoms with van der Waals surface area (Å²) >= 11 is 6.20. The molecule has 1 aliphatic rings. The van der Waals surface area contributed by atoms with Crippen LogP contribution in [-0.4, -0.2) is 14.9 Å². The van der Waals surface area contributed by atoms with Gasteiger partial charge in [-0.25, -0.2) is 0 Å². The Balaban J connectivity index is 2.28. The van der Waals surface area contributed by atoms with Crippen molar-refractivity contribution in [3.05, 3.63) is 28.4 Å². The second-order valence-corrected chi connectivity index (χ2v) is 5.75. The maximum absolute atomic E-state index is 10.4. The van der Waals surface area contributed by atoms with E-state index in [1.807, 2.05) is 6.07 Å². The minimum atomic E-state index is 0.118. The highest BCUT2D eigenvalue weighted by atomic mass is 35.5. The van der Waals surface area contributed by atoms with E-state index in [-0.39, 0.29) is 5.75 Å². The molecule has 3 N–H and O–H groups in total. The van der Waals surface area contributed by atoms with Crippen LogP contribution in [0.25, 0.3) is 11.1 Å². The third kappa shape index (κ3) is 2.04. The van der Waals surface area contributed by atoms with Crippen LogP contribution in [0.1, 0.15) is 30.4 Å². The number of fused-ring (bicyclic) bond motifs is 1. The molecule has 0 saturated heterocycles. The minimum absolute atomic E-state index is 0.118. The van der Waals surface area contributed by atoms with E-state index in [0.29, 0.717) is 10.8 Å². The highest BCUT2D eigenvalue weighted by Gasteiger charge is 2.22. The van der Waals surface area contributed by atoms with Gasteiger partial charge in [0.1, 0.15) is 11.6 Å². The minimum Gasteiger partial charge on any atom is -0.506 e. The Kier molecular flexibility index (Phi) is 3.34. The van der Waals surface area contributed by atoms with E-state index < -0.39 is 0 Å². The van der Waals surface area contributed by atoms with Crippen LogP contribution in [0.4, 0.5) is 5.82 Å². The summed E-state index contributed by atoms with van der Waals surface area (Å²) in [5.41, 5.74) is 10.0. The van der Waals surface area contributed by atoms with E-state index >= 15 is 0 Å². The number of aryl methyl sites for hydroxylation is 2. The largest absolute Gasteiger partial charge is 0.506 e. The number of phenols is 1. The topological polar surface area (TPSA) is 64.1 Å². The van der Waals surface area contributed by atoms with E-state index in [1.165, 1.54) is 17.5 Å². The molecule has 0 spiro atoms. The van der Waals surface area contributed by atoms with Gasteiger partial charge in [0.15, 0.2) is 0 Å². The van der Waals surface area contributed by atoms with Crippen LogP contribution in [0.15, 0.2) is 12.3 Å². The Morgan fingerprint density at radius 2 is 2.05 bits per heavy atom. The molecule has 1 heterocycles. The van der Waals surface area contributed by atoms with Crippen LogP contribution in [0, 0.1) is 0 Å². The Morgan fingerprint density at radius 3 is 2.75 bits per heavy atom. The lowest BCUT2D eigenvalue weighted by molar-refractivity contribution is 0.476. The molecular weight excluding hydrogens is 274 g/mol. The molecule has 0 radical (unpaired) electrons. The number of nitrogens with zero attached hydrogens (tertiary/aromatic N) is 2. The third-order valence-electron chi connectivity index (χ3n) is 4.08. The Bertz CT molecular complexity index is 664. The zero-order chi connectivity index (χ0) is 14.3. The van der Waals surface area contributed by atoms with Crippen molar-refractivity contribution in [3.63, 3.8) is 0 Å². The van der Waals surface area contributed by atoms with E-state index in [0.717, 1.165) is 36.8 Å². The lowest BCUT2D eigenvalue weighted by Crippen LogP contribution is -2.01. The molecule has 0 amide bonds. The van der Waals surface area contributed by atoms with Crippen molar-refractivity contribution in [3.8, 4) is 16.9 Å². The van der Waals surface area contributed by atoms with Gasteiger partial charge in [0, 0.05) is 18.2 Å². The first-order chi connectivity index (χ1) is 9.59. The summed E-state index contributed by atoms with van der Waals surface area (Å²) < 4.78 is 1.61. The van der Waals surface area contributed by atoms with Crippen LogP contribution in [0.2, 0.25) is 5.02 Å². The summed E-state index contributed by atoms with van der Waals surface area (Å²) in [6, 6.07) is 1.90. The van der Waals surface area contributed by atoms with Crippen molar-refractivity contribution in [2.24, 2.45) is 7.05 Å². The summed E-state index contributed by atoms with van der Waals surface area (Å²) in [4.78, 5) is 0. The van der Waals surface area contributed by atoms with Gasteiger partial charge in [-0.15, -0.1) is 0 Å². The second-order valence-electron chi connectivity index (χ2n) is 5.35. The Morgan fingerprint density at radius 1 is 1.30 bits per heavy atom. The number of phenolic OH excluding ortho intramolecular Hbond substituents is 1. The summed E-state index contributed by atoms with van der Waals surface area (Å²) in [5, 5.41) is 15.0. The molecule has 1 aliphatic carbocycles. The molecule has 0 saturated carbocycles. The molecule has 0 unspecified atom stereocenters. The van der Waals surface area contributed by atoms with E-state index in [4.69, 9.17) is 17.3 Å². The number of anilines is 1. The van der Waals surface area contributed by atoms with Gasteiger partial charge < -0.3 is 10.8 Å². The molecule has 0 aliphatic heterocycles. The van der Waals surface area contributed by atoms with Crippen molar-refractivity contribution in [1.29, 1.82) is 0 Å². The number of aromatic nitrogens is 2. The first kappa shape index (κ1) is 13.3. The van der Waals surface area contributed by atoms with Crippen molar-refractivity contribution >= 4 is 17.4 Å². The van der Waals surface area contributed by atoms with Gasteiger partial charge >= 0.3 is 0 Å². The smallest absolute Gasteiger partial charge is 0.142 e. The predicted molar refractivity (Wildman–Crippen MR) is 81.0 cm³/mol. The predicted octanol–water partition coefficient (Wildman–Crippen LogP) is 3.30. The fourth-order valence-corrected chi connectivity index (χ4v) is 3.19. The lowest BCUT2D eigenvalue weighted by atomic mass is 9.92. The SMILES string of the molecule is Cn1ncc(-c2c(O)c(Cl)cc3c2CCCCC3)c1N. The second kappa shape index (κ2) is 5.02. The maximum atomic E-state index is 10.4. The quantitative estimate of drug-likeness (QED) is 0.792. The van der Waals surface area contributed by atoms with Gasteiger partial charge in [0.2, 0.25) is 0 Å². The number of benzene rings is 1. The lowest BCUT2D eigenvalue weighted by Gasteiger charge is -2.15. The summed E-state index contributed by atoms with van der Waals surface area (Å²) in [6.07, 6.45) is 7.14. The molecule has 4 nitrogen and oxygen atoms in total. The number of hydrogen-bond acceptors (Lipinski definition) is 3. The van der Waals surface area contributed by atoms with E-state index in [1.54, 1.807) is 17.9 Å². The average molecular weight is 292 g/mol. The zero-order valence-corrected chi connectivity index (χ0v) is 12.2. The highest BCUT2D eigenvalue weighted by molar-refractivity contribution is 6.32. The van der Waals surface area contributed by atoms with E-state index in [9.17, 15) is 5.11 Å². The molecule has 2 aromatic rings. The van der Waals surface area contributed by atoms with Crippen LogP contribution < -0.4 is 5.73 Å². The monoisotopic (exact) mass is 291 g/mol. The Hall–Kier alpha value is -1.68.